The van der Waals surface area contributed by atoms with Crippen molar-refractivity contribution in [2.75, 3.05) is 0 Å². The van der Waals surface area contributed by atoms with Crippen LogP contribution in [0.5, 0.6) is 0 Å². The van der Waals surface area contributed by atoms with E-state index in [9.17, 15) is 4.79 Å². The second kappa shape index (κ2) is 7.78. The zero-order chi connectivity index (χ0) is 18.7. The van der Waals surface area contributed by atoms with E-state index in [1.54, 1.807) is 24.2 Å². The molecule has 0 aliphatic rings. The molecule has 26 heavy (non-hydrogen) atoms. The van der Waals surface area contributed by atoms with E-state index in [0.717, 1.165) is 27.7 Å². The molecule has 0 radical (unpaired) electrons. The van der Waals surface area contributed by atoms with Crippen molar-refractivity contribution in [1.82, 2.24) is 24.6 Å². The summed E-state index contributed by atoms with van der Waals surface area (Å²) in [5, 5.41) is 8.26. The molecule has 0 saturated heterocycles. The number of carbonyl (C=O) groups is 1. The molecule has 7 heteroatoms. The Bertz CT molecular complexity index is 914. The van der Waals surface area contributed by atoms with Gasteiger partial charge in [0.2, 0.25) is 0 Å². The Morgan fingerprint density at radius 3 is 2.81 bits per heavy atom. The van der Waals surface area contributed by atoms with Crippen LogP contribution in [0.2, 0.25) is 0 Å². The predicted octanol–water partition coefficient (Wildman–Crippen LogP) is 3.25. The molecule has 3 aromatic rings. The van der Waals surface area contributed by atoms with Gasteiger partial charge in [-0.3, -0.25) is 9.48 Å². The van der Waals surface area contributed by atoms with Gasteiger partial charge >= 0.3 is 0 Å². The SMILES string of the molecule is Cc1c([C@@H](C)NC(=O)c2cccc(CSc3nccn3C)c2)cnn1C. The fraction of sp³-hybridized carbons (Fsp3) is 0.316. The summed E-state index contributed by atoms with van der Waals surface area (Å²) < 4.78 is 3.80. The topological polar surface area (TPSA) is 64.7 Å². The minimum Gasteiger partial charge on any atom is -0.345 e. The van der Waals surface area contributed by atoms with Crippen LogP contribution < -0.4 is 5.32 Å². The van der Waals surface area contributed by atoms with Gasteiger partial charge in [-0.25, -0.2) is 4.98 Å². The maximum atomic E-state index is 12.6. The van der Waals surface area contributed by atoms with Crippen molar-refractivity contribution in [2.24, 2.45) is 14.1 Å². The molecule has 0 fully saturated rings. The lowest BCUT2D eigenvalue weighted by molar-refractivity contribution is 0.0939. The summed E-state index contributed by atoms with van der Waals surface area (Å²) in [4.78, 5) is 16.9. The van der Waals surface area contributed by atoms with Crippen LogP contribution in [0.15, 0.2) is 48.0 Å². The molecule has 136 valence electrons. The van der Waals surface area contributed by atoms with Crippen molar-refractivity contribution in [3.05, 3.63) is 65.2 Å². The van der Waals surface area contributed by atoms with E-state index in [4.69, 9.17) is 0 Å². The summed E-state index contributed by atoms with van der Waals surface area (Å²) in [6.07, 6.45) is 5.52. The Morgan fingerprint density at radius 2 is 2.15 bits per heavy atom. The Kier molecular flexibility index (Phi) is 5.46. The van der Waals surface area contributed by atoms with Crippen LogP contribution in [0.3, 0.4) is 0 Å². The molecule has 2 heterocycles. The van der Waals surface area contributed by atoms with Crippen molar-refractivity contribution in [3.63, 3.8) is 0 Å². The number of amides is 1. The van der Waals surface area contributed by atoms with E-state index in [-0.39, 0.29) is 11.9 Å². The number of thioether (sulfide) groups is 1. The van der Waals surface area contributed by atoms with Gasteiger partial charge in [-0.05, 0) is 31.5 Å². The summed E-state index contributed by atoms with van der Waals surface area (Å²) in [5.41, 5.74) is 3.84. The lowest BCUT2D eigenvalue weighted by atomic mass is 10.1. The van der Waals surface area contributed by atoms with Crippen molar-refractivity contribution in [2.45, 2.75) is 30.8 Å². The first kappa shape index (κ1) is 18.3. The second-order valence-electron chi connectivity index (χ2n) is 6.31. The largest absolute Gasteiger partial charge is 0.345 e. The van der Waals surface area contributed by atoms with Gasteiger partial charge in [-0.15, -0.1) is 0 Å². The lowest BCUT2D eigenvalue weighted by Gasteiger charge is -2.14. The number of imidazole rings is 1. The molecule has 0 aliphatic carbocycles. The van der Waals surface area contributed by atoms with Crippen LogP contribution >= 0.6 is 11.8 Å². The molecular weight excluding hydrogens is 346 g/mol. The molecule has 0 unspecified atom stereocenters. The van der Waals surface area contributed by atoms with Gasteiger partial charge in [0, 0.05) is 49.1 Å². The number of nitrogens with zero attached hydrogens (tertiary/aromatic N) is 4. The van der Waals surface area contributed by atoms with E-state index >= 15 is 0 Å². The smallest absolute Gasteiger partial charge is 0.251 e. The fourth-order valence-corrected chi connectivity index (χ4v) is 3.61. The molecule has 1 N–H and O–H groups in total. The summed E-state index contributed by atoms with van der Waals surface area (Å²) in [6.45, 7) is 3.98. The number of aryl methyl sites for hydroxylation is 2. The van der Waals surface area contributed by atoms with Gasteiger partial charge in [0.1, 0.15) is 0 Å². The quantitative estimate of drug-likeness (QED) is 0.678. The van der Waals surface area contributed by atoms with Gasteiger partial charge in [0.15, 0.2) is 5.16 Å². The highest BCUT2D eigenvalue weighted by Gasteiger charge is 2.16. The van der Waals surface area contributed by atoms with Gasteiger partial charge < -0.3 is 9.88 Å². The monoisotopic (exact) mass is 369 g/mol. The molecule has 0 bridgehead atoms. The number of rotatable bonds is 6. The normalized spacial score (nSPS) is 12.2. The number of benzene rings is 1. The molecule has 1 amide bonds. The second-order valence-corrected chi connectivity index (χ2v) is 7.26. The Hall–Kier alpha value is -2.54. The van der Waals surface area contributed by atoms with E-state index in [1.807, 2.05) is 67.7 Å². The van der Waals surface area contributed by atoms with Gasteiger partial charge in [0.05, 0.1) is 12.2 Å². The predicted molar refractivity (Wildman–Crippen MR) is 103 cm³/mol. The third-order valence-corrected chi connectivity index (χ3v) is 5.55. The van der Waals surface area contributed by atoms with E-state index < -0.39 is 0 Å². The molecule has 2 aromatic heterocycles. The molecule has 0 saturated carbocycles. The third kappa shape index (κ3) is 3.99. The van der Waals surface area contributed by atoms with Gasteiger partial charge in [-0.1, -0.05) is 23.9 Å². The van der Waals surface area contributed by atoms with E-state index in [0.29, 0.717) is 5.56 Å². The zero-order valence-corrected chi connectivity index (χ0v) is 16.2. The summed E-state index contributed by atoms with van der Waals surface area (Å²) >= 11 is 1.65. The molecule has 3 rings (SSSR count). The highest BCUT2D eigenvalue weighted by Crippen LogP contribution is 2.21. The fourth-order valence-electron chi connectivity index (χ4n) is 2.74. The molecule has 1 aromatic carbocycles. The van der Waals surface area contributed by atoms with Crippen LogP contribution in [-0.4, -0.2) is 25.2 Å². The molecule has 0 aliphatic heterocycles. The lowest BCUT2D eigenvalue weighted by Crippen LogP contribution is -2.27. The van der Waals surface area contributed by atoms with Crippen molar-refractivity contribution in [1.29, 1.82) is 0 Å². The summed E-state index contributed by atoms with van der Waals surface area (Å²) in [5.74, 6) is 0.688. The Morgan fingerprint density at radius 1 is 1.35 bits per heavy atom. The summed E-state index contributed by atoms with van der Waals surface area (Å²) in [6, 6.07) is 7.63. The van der Waals surface area contributed by atoms with Crippen LogP contribution in [-0.2, 0) is 19.8 Å². The number of carbonyl (C=O) groups excluding carboxylic acids is 1. The average Bonchev–Trinajstić information content (AvgIpc) is 3.19. The van der Waals surface area contributed by atoms with Crippen molar-refractivity contribution in [3.8, 4) is 0 Å². The Balaban J connectivity index is 1.66. The highest BCUT2D eigenvalue weighted by molar-refractivity contribution is 7.98. The van der Waals surface area contributed by atoms with Crippen LogP contribution in [0, 0.1) is 6.92 Å². The number of aromatic nitrogens is 4. The maximum Gasteiger partial charge on any atom is 0.251 e. The van der Waals surface area contributed by atoms with Crippen molar-refractivity contribution >= 4 is 17.7 Å². The summed E-state index contributed by atoms with van der Waals surface area (Å²) in [7, 11) is 3.87. The van der Waals surface area contributed by atoms with Gasteiger partial charge in [-0.2, -0.15) is 5.10 Å². The molecular formula is C19H23N5OS. The van der Waals surface area contributed by atoms with Crippen LogP contribution in [0.4, 0.5) is 0 Å². The number of nitrogens with one attached hydrogen (secondary N) is 1. The average molecular weight is 369 g/mol. The first-order valence-electron chi connectivity index (χ1n) is 8.44. The first-order valence-corrected chi connectivity index (χ1v) is 9.42. The maximum absolute atomic E-state index is 12.6. The van der Waals surface area contributed by atoms with Crippen LogP contribution in [0.25, 0.3) is 0 Å². The zero-order valence-electron chi connectivity index (χ0n) is 15.4. The van der Waals surface area contributed by atoms with E-state index in [1.165, 1.54) is 0 Å². The standard InChI is InChI=1S/C19H23N5OS/c1-13(17-11-21-24(4)14(17)2)22-18(25)16-7-5-6-15(10-16)12-26-19-20-8-9-23(19)3/h5-11,13H,12H2,1-4H3,(H,22,25)/t13-/m1/s1. The van der Waals surface area contributed by atoms with Gasteiger partial charge in [0.25, 0.3) is 5.91 Å². The number of hydrogen-bond donors (Lipinski definition) is 1. The Labute approximate surface area is 157 Å². The first-order chi connectivity index (χ1) is 12.5. The molecule has 1 atom stereocenters. The minimum atomic E-state index is -0.0956. The minimum absolute atomic E-state index is 0.0791. The van der Waals surface area contributed by atoms with Crippen molar-refractivity contribution < 1.29 is 4.79 Å². The molecule has 0 spiro atoms. The van der Waals surface area contributed by atoms with Crippen LogP contribution in [0.1, 0.15) is 40.1 Å². The van der Waals surface area contributed by atoms with E-state index in [2.05, 4.69) is 15.4 Å². The highest BCUT2D eigenvalue weighted by atomic mass is 32.2. The molecule has 6 nitrogen and oxygen atoms in total. The third-order valence-electron chi connectivity index (χ3n) is 4.42. The number of hydrogen-bond acceptors (Lipinski definition) is 4.